The molecule has 0 aliphatic rings. The zero-order valence-electron chi connectivity index (χ0n) is 11.3. The molecule has 0 saturated carbocycles. The molecule has 0 heterocycles. The van der Waals surface area contributed by atoms with Gasteiger partial charge in [-0.25, -0.2) is 16.8 Å². The van der Waals surface area contributed by atoms with Crippen LogP contribution in [0.5, 0.6) is 5.75 Å². The van der Waals surface area contributed by atoms with Crippen molar-refractivity contribution in [3.8, 4) is 5.75 Å². The molecule has 0 radical (unpaired) electrons. The summed E-state index contributed by atoms with van der Waals surface area (Å²) in [7, 11) is -12.1. The SMILES string of the molecule is COc1ccc(I=C(S(=O)(=O)C(F)(F)F)S(=O)(=O)C(F)(F)F)cc1. The van der Waals surface area contributed by atoms with E-state index >= 15 is 0 Å². The van der Waals surface area contributed by atoms with Gasteiger partial charge in [-0.3, -0.25) is 0 Å². The second-order valence-electron chi connectivity index (χ2n) is 3.89. The van der Waals surface area contributed by atoms with E-state index in [1.54, 1.807) is 0 Å². The molecule has 0 bridgehead atoms. The summed E-state index contributed by atoms with van der Waals surface area (Å²) in [4.78, 5) is 0. The molecular formula is C10H7F6IO5S2. The predicted octanol–water partition coefficient (Wildman–Crippen LogP) is 2.79. The van der Waals surface area contributed by atoms with Crippen molar-refractivity contribution in [2.75, 3.05) is 7.11 Å². The molecule has 0 aliphatic heterocycles. The molecule has 0 aliphatic carbocycles. The van der Waals surface area contributed by atoms with E-state index in [-0.39, 0.29) is 9.32 Å². The Labute approximate surface area is 142 Å². The molecule has 138 valence electrons. The summed E-state index contributed by atoms with van der Waals surface area (Å²) in [6, 6.07) is 4.27. The molecule has 0 amide bonds. The average molecular weight is 512 g/mol. The van der Waals surface area contributed by atoms with E-state index in [2.05, 4.69) is 0 Å². The van der Waals surface area contributed by atoms with Gasteiger partial charge in [-0.15, -0.1) is 0 Å². The highest BCUT2D eigenvalue weighted by atomic mass is 127. The maximum atomic E-state index is 12.6. The number of benzene rings is 1. The van der Waals surface area contributed by atoms with E-state index in [4.69, 9.17) is 4.74 Å². The molecule has 0 saturated heterocycles. The van der Waals surface area contributed by atoms with Crippen LogP contribution in [0.15, 0.2) is 24.3 Å². The zero-order valence-corrected chi connectivity index (χ0v) is 15.1. The Morgan fingerprint density at radius 2 is 1.25 bits per heavy atom. The first-order chi connectivity index (χ1) is 10.6. The Hall–Kier alpha value is -0.900. The van der Waals surface area contributed by atoms with Crippen LogP contribution in [0.3, 0.4) is 0 Å². The quantitative estimate of drug-likeness (QED) is 0.459. The maximum Gasteiger partial charge on any atom is 0.503 e. The highest BCUT2D eigenvalue weighted by Gasteiger charge is 2.60. The topological polar surface area (TPSA) is 77.5 Å². The van der Waals surface area contributed by atoms with Crippen LogP contribution in [-0.4, -0.2) is 37.1 Å². The van der Waals surface area contributed by atoms with Crippen LogP contribution in [0.2, 0.25) is 0 Å². The molecule has 5 nitrogen and oxygen atoms in total. The molecule has 14 heteroatoms. The van der Waals surface area contributed by atoms with E-state index in [0.717, 1.165) is 24.3 Å². The van der Waals surface area contributed by atoms with E-state index in [0.29, 0.717) is 0 Å². The Morgan fingerprint density at radius 1 is 0.875 bits per heavy atom. The monoisotopic (exact) mass is 512 g/mol. The predicted molar refractivity (Wildman–Crippen MR) is 80.7 cm³/mol. The van der Waals surface area contributed by atoms with Gasteiger partial charge in [-0.1, -0.05) is 20.7 Å². The highest BCUT2D eigenvalue weighted by Crippen LogP contribution is 2.37. The van der Waals surface area contributed by atoms with Crippen LogP contribution < -0.4 is 4.74 Å². The van der Waals surface area contributed by atoms with Crippen molar-refractivity contribution in [3.05, 3.63) is 27.8 Å². The molecule has 0 spiro atoms. The smallest absolute Gasteiger partial charge is 0.497 e. The fraction of sp³-hybridized carbons (Fsp3) is 0.300. The van der Waals surface area contributed by atoms with Gasteiger partial charge in [-0.05, 0) is 24.3 Å². The Morgan fingerprint density at radius 3 is 1.54 bits per heavy atom. The zero-order chi connectivity index (χ0) is 19.0. The molecule has 1 aromatic carbocycles. The third kappa shape index (κ3) is 4.19. The van der Waals surface area contributed by atoms with Crippen LogP contribution in [0.25, 0.3) is 0 Å². The standard InChI is InChI=1S/C10H7F6IO5S2/c1-22-7-4-2-6(3-5-7)17-8(23(18,19)9(11,12)13)24(20,21)10(14,15)16/h2-5H,1H3. The fourth-order valence-electron chi connectivity index (χ4n) is 1.15. The number of halogens is 7. The fourth-order valence-corrected chi connectivity index (χ4v) is 9.10. The van der Waals surface area contributed by atoms with Crippen LogP contribution in [-0.2, 0) is 19.7 Å². The molecular weight excluding hydrogens is 505 g/mol. The van der Waals surface area contributed by atoms with Gasteiger partial charge in [0.15, 0.2) is 0 Å². The molecule has 1 aromatic rings. The highest BCUT2D eigenvalue weighted by molar-refractivity contribution is 14.2. The number of hydrogen-bond acceptors (Lipinski definition) is 5. The summed E-state index contributed by atoms with van der Waals surface area (Å²) < 4.78 is 123. The Balaban J connectivity index is 3.71. The van der Waals surface area contributed by atoms with Gasteiger partial charge in [-0.2, -0.15) is 26.3 Å². The van der Waals surface area contributed by atoms with E-state index in [1.165, 1.54) is 7.11 Å². The molecule has 1 rings (SSSR count). The third-order valence-electron chi connectivity index (χ3n) is 2.27. The lowest BCUT2D eigenvalue weighted by Gasteiger charge is -2.13. The second-order valence-corrected chi connectivity index (χ2v) is 12.2. The average Bonchev–Trinajstić information content (AvgIpc) is 2.42. The van der Waals surface area contributed by atoms with Gasteiger partial charge in [0.1, 0.15) is 5.75 Å². The van der Waals surface area contributed by atoms with Gasteiger partial charge in [0.05, 0.1) is 7.11 Å². The first kappa shape index (κ1) is 21.1. The minimum atomic E-state index is -6.67. The minimum absolute atomic E-state index is 0.196. The second kappa shape index (κ2) is 6.78. The van der Waals surface area contributed by atoms with Gasteiger partial charge in [0.2, 0.25) is 2.17 Å². The lowest BCUT2D eigenvalue weighted by Crippen LogP contribution is -2.40. The number of methoxy groups -OCH3 is 1. The molecule has 0 atom stereocenters. The van der Waals surface area contributed by atoms with Crippen molar-refractivity contribution in [2.45, 2.75) is 11.0 Å². The lowest BCUT2D eigenvalue weighted by molar-refractivity contribution is -0.0426. The lowest BCUT2D eigenvalue weighted by atomic mass is 10.3. The summed E-state index contributed by atoms with van der Waals surface area (Å²) in [5, 5.41) is 0. The minimum Gasteiger partial charge on any atom is -0.497 e. The van der Waals surface area contributed by atoms with E-state index < -0.39 is 53.6 Å². The van der Waals surface area contributed by atoms with Crippen molar-refractivity contribution in [2.24, 2.45) is 0 Å². The van der Waals surface area contributed by atoms with E-state index in [9.17, 15) is 43.2 Å². The molecule has 0 fully saturated rings. The van der Waals surface area contributed by atoms with Crippen LogP contribution in [0.1, 0.15) is 0 Å². The van der Waals surface area contributed by atoms with Crippen molar-refractivity contribution in [1.82, 2.24) is 0 Å². The van der Waals surface area contributed by atoms with Crippen molar-refractivity contribution in [3.63, 3.8) is 0 Å². The number of alkyl halides is 6. The largest absolute Gasteiger partial charge is 0.503 e. The number of ether oxygens (including phenoxy) is 1. The van der Waals surface area contributed by atoms with Crippen LogP contribution in [0.4, 0.5) is 26.3 Å². The molecule has 0 aromatic heterocycles. The summed E-state index contributed by atoms with van der Waals surface area (Å²) in [6.07, 6.45) is 0. The summed E-state index contributed by atoms with van der Waals surface area (Å²) in [5.74, 6) is 0.196. The molecule has 0 unspecified atom stereocenters. The molecule has 24 heavy (non-hydrogen) atoms. The van der Waals surface area contributed by atoms with E-state index in [1.807, 2.05) is 0 Å². The number of rotatable bonds is 4. The number of sulfone groups is 2. The Kier molecular flexibility index (Phi) is 5.97. The summed E-state index contributed by atoms with van der Waals surface area (Å²) in [6.45, 7) is 0. The van der Waals surface area contributed by atoms with Gasteiger partial charge >= 0.3 is 11.0 Å². The maximum absolute atomic E-state index is 12.6. The third-order valence-corrected chi connectivity index (χ3v) is 11.9. The van der Waals surface area contributed by atoms with Crippen LogP contribution >= 0.6 is 20.7 Å². The van der Waals surface area contributed by atoms with Crippen molar-refractivity contribution in [1.29, 1.82) is 0 Å². The van der Waals surface area contributed by atoms with Gasteiger partial charge in [0, 0.05) is 3.57 Å². The number of hydrogen-bond donors (Lipinski definition) is 0. The van der Waals surface area contributed by atoms with Gasteiger partial charge in [0.25, 0.3) is 19.7 Å². The Bertz CT molecular complexity index is 791. The van der Waals surface area contributed by atoms with Gasteiger partial charge < -0.3 is 4.74 Å². The van der Waals surface area contributed by atoms with Crippen molar-refractivity contribution >= 4 is 42.6 Å². The summed E-state index contributed by atoms with van der Waals surface area (Å²) in [5.41, 5.74) is -12.3. The molecule has 0 N–H and O–H groups in total. The van der Waals surface area contributed by atoms with Crippen molar-refractivity contribution < 1.29 is 47.9 Å². The van der Waals surface area contributed by atoms with Crippen LogP contribution in [0, 0.1) is 3.57 Å². The normalized spacial score (nSPS) is 13.6. The summed E-state index contributed by atoms with van der Waals surface area (Å²) >= 11 is -2.82. The first-order valence-corrected chi connectivity index (χ1v) is 10.6. The first-order valence-electron chi connectivity index (χ1n) is 5.43.